The first-order valence-corrected chi connectivity index (χ1v) is 11.4. The van der Waals surface area contributed by atoms with E-state index in [1.807, 2.05) is 61.5 Å². The fourth-order valence-electron chi connectivity index (χ4n) is 2.98. The maximum Gasteiger partial charge on any atom is 0.242 e. The Morgan fingerprint density at radius 3 is 2.36 bits per heavy atom. The zero-order chi connectivity index (χ0) is 20.4. The van der Waals surface area contributed by atoms with Crippen LogP contribution >= 0.6 is 27.7 Å². The number of thioether (sulfide) groups is 1. The lowest BCUT2D eigenvalue weighted by Crippen LogP contribution is -2.50. The molecule has 28 heavy (non-hydrogen) atoms. The van der Waals surface area contributed by atoms with Gasteiger partial charge in [-0.15, -0.1) is 11.8 Å². The van der Waals surface area contributed by atoms with Crippen LogP contribution in [0.4, 0.5) is 0 Å². The highest BCUT2D eigenvalue weighted by Crippen LogP contribution is 2.17. The van der Waals surface area contributed by atoms with E-state index in [0.717, 1.165) is 22.2 Å². The number of halogens is 1. The maximum absolute atomic E-state index is 12.9. The smallest absolute Gasteiger partial charge is 0.242 e. The number of hydrogen-bond donors (Lipinski definition) is 1. The van der Waals surface area contributed by atoms with E-state index in [9.17, 15) is 9.59 Å². The van der Waals surface area contributed by atoms with Crippen molar-refractivity contribution in [3.05, 3.63) is 70.2 Å². The lowest BCUT2D eigenvalue weighted by atomic mass is 10.1. The van der Waals surface area contributed by atoms with E-state index in [1.54, 1.807) is 23.7 Å². The van der Waals surface area contributed by atoms with Crippen molar-refractivity contribution >= 4 is 39.5 Å². The number of likely N-dealkylation sites (N-methyl/N-ethyl adjacent to an activating group) is 1. The molecule has 1 atom stereocenters. The average Bonchev–Trinajstić information content (AvgIpc) is 2.72. The zero-order valence-corrected chi connectivity index (χ0v) is 18.8. The van der Waals surface area contributed by atoms with Gasteiger partial charge in [-0.2, -0.15) is 0 Å². The molecule has 0 aromatic heterocycles. The molecule has 1 N–H and O–H groups in total. The minimum atomic E-state index is -0.436. The second-order valence-corrected chi connectivity index (χ2v) is 8.38. The summed E-state index contributed by atoms with van der Waals surface area (Å²) >= 11 is 5.01. The number of rotatable bonds is 10. The quantitative estimate of drug-likeness (QED) is 0.573. The molecule has 0 aliphatic rings. The fraction of sp³-hybridized carbons (Fsp3) is 0.364. The molecule has 0 spiro atoms. The number of amides is 2. The van der Waals surface area contributed by atoms with Gasteiger partial charge in [-0.1, -0.05) is 65.3 Å². The molecule has 2 aromatic carbocycles. The number of benzene rings is 2. The van der Waals surface area contributed by atoms with E-state index in [2.05, 4.69) is 21.2 Å². The van der Waals surface area contributed by atoms with E-state index in [1.165, 1.54) is 5.56 Å². The molecule has 2 rings (SSSR count). The number of nitrogens with zero attached hydrogens (tertiary/aromatic N) is 1. The van der Waals surface area contributed by atoms with Gasteiger partial charge in [0.15, 0.2) is 0 Å². The molecule has 0 fully saturated rings. The molecule has 0 saturated heterocycles. The fourth-order valence-corrected chi connectivity index (χ4v) is 4.12. The third-order valence-electron chi connectivity index (χ3n) is 4.52. The van der Waals surface area contributed by atoms with Crippen LogP contribution in [0.3, 0.4) is 0 Å². The summed E-state index contributed by atoms with van der Waals surface area (Å²) in [5.74, 6) is 1.02. The van der Waals surface area contributed by atoms with E-state index in [-0.39, 0.29) is 11.8 Å². The van der Waals surface area contributed by atoms with Crippen molar-refractivity contribution in [2.24, 2.45) is 0 Å². The minimum absolute atomic E-state index is 0.00786. The van der Waals surface area contributed by atoms with Crippen LogP contribution in [0.2, 0.25) is 0 Å². The molecule has 0 heterocycles. The van der Waals surface area contributed by atoms with Crippen molar-refractivity contribution < 1.29 is 9.59 Å². The van der Waals surface area contributed by atoms with Crippen molar-refractivity contribution in [1.82, 2.24) is 10.2 Å². The van der Waals surface area contributed by atoms with Crippen LogP contribution in [0.1, 0.15) is 24.5 Å². The van der Waals surface area contributed by atoms with Gasteiger partial charge >= 0.3 is 0 Å². The first kappa shape index (κ1) is 22.5. The van der Waals surface area contributed by atoms with Gasteiger partial charge in [0.25, 0.3) is 0 Å². The monoisotopic (exact) mass is 462 g/mol. The van der Waals surface area contributed by atoms with E-state index >= 15 is 0 Å². The summed E-state index contributed by atoms with van der Waals surface area (Å²) in [6.45, 7) is 2.48. The van der Waals surface area contributed by atoms with Gasteiger partial charge in [0.2, 0.25) is 11.8 Å². The third-order valence-corrected chi connectivity index (χ3v) is 6.04. The molecule has 6 heteroatoms. The van der Waals surface area contributed by atoms with E-state index in [0.29, 0.717) is 18.7 Å². The van der Waals surface area contributed by atoms with Crippen LogP contribution in [0.15, 0.2) is 59.1 Å². The van der Waals surface area contributed by atoms with Crippen molar-refractivity contribution in [3.63, 3.8) is 0 Å². The molecule has 0 bridgehead atoms. The van der Waals surface area contributed by atoms with Crippen molar-refractivity contribution in [2.75, 3.05) is 19.3 Å². The predicted octanol–water partition coefficient (Wildman–Crippen LogP) is 4.28. The largest absolute Gasteiger partial charge is 0.357 e. The minimum Gasteiger partial charge on any atom is -0.357 e. The number of carbonyl (C=O) groups is 2. The Hall–Kier alpha value is -1.79. The highest BCUT2D eigenvalue weighted by molar-refractivity contribution is 9.10. The van der Waals surface area contributed by atoms with E-state index in [4.69, 9.17) is 0 Å². The summed E-state index contributed by atoms with van der Waals surface area (Å²) in [5, 5.41) is 2.69. The molecular weight excluding hydrogens is 436 g/mol. The van der Waals surface area contributed by atoms with Gasteiger partial charge in [-0.25, -0.2) is 0 Å². The number of hydrogen-bond acceptors (Lipinski definition) is 3. The molecular formula is C22H27BrN2O2S. The molecule has 0 radical (unpaired) electrons. The van der Waals surface area contributed by atoms with Crippen LogP contribution in [0.25, 0.3) is 0 Å². The van der Waals surface area contributed by atoms with Gasteiger partial charge in [0.1, 0.15) is 6.04 Å². The maximum atomic E-state index is 12.9. The topological polar surface area (TPSA) is 49.4 Å². The highest BCUT2D eigenvalue weighted by Gasteiger charge is 2.27. The predicted molar refractivity (Wildman–Crippen MR) is 120 cm³/mol. The van der Waals surface area contributed by atoms with Gasteiger partial charge in [-0.05, 0) is 36.1 Å². The Morgan fingerprint density at radius 1 is 1.07 bits per heavy atom. The molecule has 150 valence electrons. The molecule has 0 unspecified atom stereocenters. The van der Waals surface area contributed by atoms with Crippen molar-refractivity contribution in [2.45, 2.75) is 31.6 Å². The average molecular weight is 463 g/mol. The standard InChI is InChI=1S/C22H27BrN2O2S/c1-3-20(22(27)24-2)25(14-13-17-7-5-4-6-8-17)21(26)16-28-15-18-9-11-19(23)12-10-18/h4-12,20H,3,13-16H2,1-2H3,(H,24,27)/t20-/m1/s1. The van der Waals surface area contributed by atoms with Gasteiger partial charge < -0.3 is 10.2 Å². The summed E-state index contributed by atoms with van der Waals surface area (Å²) in [6.07, 6.45) is 1.33. The molecule has 0 aliphatic carbocycles. The third kappa shape index (κ3) is 6.99. The van der Waals surface area contributed by atoms with Gasteiger partial charge in [0, 0.05) is 23.8 Å². The molecule has 0 aliphatic heterocycles. The molecule has 2 aromatic rings. The lowest BCUT2D eigenvalue weighted by Gasteiger charge is -2.30. The Kier molecular flexibility index (Phi) is 9.58. The first-order chi connectivity index (χ1) is 13.5. The van der Waals surface area contributed by atoms with Crippen LogP contribution in [0, 0.1) is 0 Å². The van der Waals surface area contributed by atoms with Crippen LogP contribution in [0.5, 0.6) is 0 Å². The summed E-state index contributed by atoms with van der Waals surface area (Å²) in [6, 6.07) is 17.7. The summed E-state index contributed by atoms with van der Waals surface area (Å²) in [5.41, 5.74) is 2.34. The lowest BCUT2D eigenvalue weighted by molar-refractivity contribution is -0.138. The van der Waals surface area contributed by atoms with Crippen LogP contribution in [-0.2, 0) is 21.8 Å². The first-order valence-electron chi connectivity index (χ1n) is 9.42. The van der Waals surface area contributed by atoms with Crippen LogP contribution < -0.4 is 5.32 Å². The van der Waals surface area contributed by atoms with Gasteiger partial charge in [0.05, 0.1) is 5.75 Å². The van der Waals surface area contributed by atoms with Crippen molar-refractivity contribution in [3.8, 4) is 0 Å². The summed E-state index contributed by atoms with van der Waals surface area (Å²) < 4.78 is 1.04. The highest BCUT2D eigenvalue weighted by atomic mass is 79.9. The number of nitrogens with one attached hydrogen (secondary N) is 1. The Labute approximate surface area is 180 Å². The number of carbonyl (C=O) groups excluding carboxylic acids is 2. The zero-order valence-electron chi connectivity index (χ0n) is 16.4. The Bertz CT molecular complexity index is 753. The summed E-state index contributed by atoms with van der Waals surface area (Å²) in [7, 11) is 1.62. The van der Waals surface area contributed by atoms with E-state index < -0.39 is 6.04 Å². The Balaban J connectivity index is 2.00. The molecule has 0 saturated carbocycles. The van der Waals surface area contributed by atoms with Gasteiger partial charge in [-0.3, -0.25) is 9.59 Å². The normalized spacial score (nSPS) is 11.7. The summed E-state index contributed by atoms with van der Waals surface area (Å²) in [4.78, 5) is 27.0. The van der Waals surface area contributed by atoms with Crippen LogP contribution in [-0.4, -0.2) is 42.1 Å². The molecule has 4 nitrogen and oxygen atoms in total. The second-order valence-electron chi connectivity index (χ2n) is 6.48. The molecule has 2 amide bonds. The Morgan fingerprint density at radius 2 is 1.75 bits per heavy atom. The van der Waals surface area contributed by atoms with Crippen molar-refractivity contribution in [1.29, 1.82) is 0 Å². The second kappa shape index (κ2) is 11.9. The SMILES string of the molecule is CC[C@H](C(=O)NC)N(CCc1ccccc1)C(=O)CSCc1ccc(Br)cc1.